The lowest BCUT2D eigenvalue weighted by Crippen LogP contribution is -2.42. The molecule has 20 heavy (non-hydrogen) atoms. The third-order valence-corrected chi connectivity index (χ3v) is 4.34. The van der Waals surface area contributed by atoms with Crippen molar-refractivity contribution in [1.82, 2.24) is 9.80 Å². The summed E-state index contributed by atoms with van der Waals surface area (Å²) >= 11 is 0. The van der Waals surface area contributed by atoms with Gasteiger partial charge in [-0.3, -0.25) is 9.69 Å². The molecule has 3 atom stereocenters. The number of piperidine rings is 1. The highest BCUT2D eigenvalue weighted by Gasteiger charge is 2.42. The van der Waals surface area contributed by atoms with Gasteiger partial charge in [-0.05, 0) is 31.4 Å². The number of likely N-dealkylation sites (tertiary alicyclic amines) is 1. The highest BCUT2D eigenvalue weighted by molar-refractivity contribution is 5.80. The Hall–Kier alpha value is -1.33. The highest BCUT2D eigenvalue weighted by atomic mass is 16.5. The monoisotopic (exact) mass is 278 g/mol. The Kier molecular flexibility index (Phi) is 3.81. The molecule has 5 nitrogen and oxygen atoms in total. The third kappa shape index (κ3) is 2.74. The van der Waals surface area contributed by atoms with E-state index in [1.54, 1.807) is 31.5 Å². The SMILES string of the molecule is CN(C)C(=O)[C@@H]1C[C@H]2CCN(Cc3ccoc3)C[C@@H]2O1. The number of fused-ring (bicyclic) bond motifs is 1. The van der Waals surface area contributed by atoms with Crippen LogP contribution in [0.15, 0.2) is 23.0 Å². The van der Waals surface area contributed by atoms with Crippen molar-refractivity contribution in [2.45, 2.75) is 31.6 Å². The average molecular weight is 278 g/mol. The minimum absolute atomic E-state index is 0.0979. The van der Waals surface area contributed by atoms with Crippen molar-refractivity contribution >= 4 is 5.91 Å². The quantitative estimate of drug-likeness (QED) is 0.837. The topological polar surface area (TPSA) is 45.9 Å². The second-order valence-corrected chi connectivity index (χ2v) is 6.05. The molecule has 0 N–H and O–H groups in total. The lowest BCUT2D eigenvalue weighted by Gasteiger charge is -2.33. The molecule has 0 bridgehead atoms. The summed E-state index contributed by atoms with van der Waals surface area (Å²) in [5.74, 6) is 0.630. The molecule has 0 radical (unpaired) electrons. The van der Waals surface area contributed by atoms with Crippen LogP contribution in [-0.4, -0.2) is 55.1 Å². The lowest BCUT2D eigenvalue weighted by atomic mass is 9.91. The fraction of sp³-hybridized carbons (Fsp3) is 0.667. The first-order valence-corrected chi connectivity index (χ1v) is 7.23. The van der Waals surface area contributed by atoms with E-state index >= 15 is 0 Å². The Morgan fingerprint density at radius 2 is 2.35 bits per heavy atom. The van der Waals surface area contributed by atoms with Crippen molar-refractivity contribution in [3.63, 3.8) is 0 Å². The second-order valence-electron chi connectivity index (χ2n) is 6.05. The fourth-order valence-electron chi connectivity index (χ4n) is 3.23. The summed E-state index contributed by atoms with van der Waals surface area (Å²) in [5.41, 5.74) is 1.20. The molecule has 3 heterocycles. The number of amides is 1. The predicted octanol–water partition coefficient (Wildman–Crippen LogP) is 1.35. The molecular weight excluding hydrogens is 256 g/mol. The van der Waals surface area contributed by atoms with Crippen LogP contribution in [0.1, 0.15) is 18.4 Å². The molecule has 0 aliphatic carbocycles. The first kappa shape index (κ1) is 13.6. The maximum atomic E-state index is 12.0. The van der Waals surface area contributed by atoms with Gasteiger partial charge in [-0.2, -0.15) is 0 Å². The molecule has 0 aromatic carbocycles. The summed E-state index contributed by atoms with van der Waals surface area (Å²) in [7, 11) is 3.58. The summed E-state index contributed by atoms with van der Waals surface area (Å²) in [6, 6.07) is 2.00. The van der Waals surface area contributed by atoms with E-state index in [-0.39, 0.29) is 18.1 Å². The summed E-state index contributed by atoms with van der Waals surface area (Å²) in [6.07, 6.45) is 5.44. The average Bonchev–Trinajstić information content (AvgIpc) is 3.06. The number of carbonyl (C=O) groups excluding carboxylic acids is 1. The van der Waals surface area contributed by atoms with E-state index in [4.69, 9.17) is 9.15 Å². The maximum absolute atomic E-state index is 12.0. The van der Waals surface area contributed by atoms with Crippen molar-refractivity contribution in [3.05, 3.63) is 24.2 Å². The minimum Gasteiger partial charge on any atom is -0.472 e. The molecule has 3 rings (SSSR count). The van der Waals surface area contributed by atoms with Gasteiger partial charge < -0.3 is 14.1 Å². The molecule has 2 saturated heterocycles. The molecule has 1 aromatic rings. The Balaban J connectivity index is 1.57. The summed E-state index contributed by atoms with van der Waals surface area (Å²) in [6.45, 7) is 2.88. The number of rotatable bonds is 3. The van der Waals surface area contributed by atoms with Crippen LogP contribution in [0.2, 0.25) is 0 Å². The summed E-state index contributed by atoms with van der Waals surface area (Å²) in [5, 5.41) is 0. The van der Waals surface area contributed by atoms with Crippen LogP contribution in [0.5, 0.6) is 0 Å². The first-order chi connectivity index (χ1) is 9.63. The first-order valence-electron chi connectivity index (χ1n) is 7.23. The molecule has 110 valence electrons. The van der Waals surface area contributed by atoms with Crippen LogP contribution in [-0.2, 0) is 16.1 Å². The Morgan fingerprint density at radius 3 is 3.05 bits per heavy atom. The van der Waals surface area contributed by atoms with Gasteiger partial charge in [-0.15, -0.1) is 0 Å². The van der Waals surface area contributed by atoms with Gasteiger partial charge in [-0.1, -0.05) is 0 Å². The number of carbonyl (C=O) groups is 1. The van der Waals surface area contributed by atoms with Gasteiger partial charge in [0.2, 0.25) is 0 Å². The van der Waals surface area contributed by atoms with Crippen molar-refractivity contribution in [1.29, 1.82) is 0 Å². The van der Waals surface area contributed by atoms with Crippen molar-refractivity contribution in [2.75, 3.05) is 27.2 Å². The Labute approximate surface area is 119 Å². The molecule has 1 amide bonds. The Morgan fingerprint density at radius 1 is 1.50 bits per heavy atom. The number of likely N-dealkylation sites (N-methyl/N-ethyl adjacent to an activating group) is 1. The zero-order chi connectivity index (χ0) is 14.1. The van der Waals surface area contributed by atoms with E-state index in [1.165, 1.54) is 5.56 Å². The molecule has 2 fully saturated rings. The molecule has 0 unspecified atom stereocenters. The van der Waals surface area contributed by atoms with Crippen molar-refractivity contribution < 1.29 is 13.9 Å². The van der Waals surface area contributed by atoms with Crippen molar-refractivity contribution in [2.24, 2.45) is 5.92 Å². The van der Waals surface area contributed by atoms with Gasteiger partial charge in [0.05, 0.1) is 18.6 Å². The van der Waals surface area contributed by atoms with E-state index in [2.05, 4.69) is 4.90 Å². The van der Waals surface area contributed by atoms with E-state index in [1.807, 2.05) is 6.07 Å². The van der Waals surface area contributed by atoms with Gasteiger partial charge in [0, 0.05) is 32.7 Å². The molecule has 5 heteroatoms. The van der Waals surface area contributed by atoms with Crippen LogP contribution in [0, 0.1) is 5.92 Å². The normalized spacial score (nSPS) is 30.2. The van der Waals surface area contributed by atoms with E-state index in [0.29, 0.717) is 5.92 Å². The summed E-state index contributed by atoms with van der Waals surface area (Å²) in [4.78, 5) is 16.0. The molecule has 0 saturated carbocycles. The molecule has 2 aliphatic rings. The molecular formula is C15H22N2O3. The smallest absolute Gasteiger partial charge is 0.251 e. The molecule has 1 aromatic heterocycles. The van der Waals surface area contributed by atoms with Gasteiger partial charge in [0.25, 0.3) is 5.91 Å². The summed E-state index contributed by atoms with van der Waals surface area (Å²) < 4.78 is 11.1. The van der Waals surface area contributed by atoms with Crippen LogP contribution in [0.25, 0.3) is 0 Å². The number of nitrogens with zero attached hydrogens (tertiary/aromatic N) is 2. The van der Waals surface area contributed by atoms with Gasteiger partial charge in [-0.25, -0.2) is 0 Å². The Bertz CT molecular complexity index is 458. The predicted molar refractivity (Wildman–Crippen MR) is 74.1 cm³/mol. The second kappa shape index (κ2) is 5.58. The van der Waals surface area contributed by atoms with Gasteiger partial charge in [0.15, 0.2) is 0 Å². The van der Waals surface area contributed by atoms with Gasteiger partial charge >= 0.3 is 0 Å². The minimum atomic E-state index is -0.242. The number of hydrogen-bond donors (Lipinski definition) is 0. The fourth-order valence-corrected chi connectivity index (χ4v) is 3.23. The van der Waals surface area contributed by atoms with Crippen LogP contribution >= 0.6 is 0 Å². The lowest BCUT2D eigenvalue weighted by molar-refractivity contribution is -0.141. The van der Waals surface area contributed by atoms with Crippen LogP contribution in [0.3, 0.4) is 0 Å². The molecule has 0 spiro atoms. The zero-order valence-corrected chi connectivity index (χ0v) is 12.1. The van der Waals surface area contributed by atoms with E-state index in [0.717, 1.165) is 32.5 Å². The van der Waals surface area contributed by atoms with Crippen LogP contribution < -0.4 is 0 Å². The molecule has 2 aliphatic heterocycles. The largest absolute Gasteiger partial charge is 0.472 e. The maximum Gasteiger partial charge on any atom is 0.251 e. The van der Waals surface area contributed by atoms with Gasteiger partial charge in [0.1, 0.15) is 6.10 Å². The van der Waals surface area contributed by atoms with Crippen LogP contribution in [0.4, 0.5) is 0 Å². The van der Waals surface area contributed by atoms with E-state index < -0.39 is 0 Å². The van der Waals surface area contributed by atoms with Crippen molar-refractivity contribution in [3.8, 4) is 0 Å². The number of furan rings is 1. The highest BCUT2D eigenvalue weighted by Crippen LogP contribution is 2.34. The zero-order valence-electron chi connectivity index (χ0n) is 12.1. The number of ether oxygens (including phenoxy) is 1. The standard InChI is InChI=1S/C15H22N2O3/c1-16(2)15(18)13-7-12-3-5-17(9-14(12)20-13)8-11-4-6-19-10-11/h4,6,10,12-14H,3,5,7-9H2,1-2H3/t12-,13+,14+/m1/s1. The van der Waals surface area contributed by atoms with E-state index in [9.17, 15) is 4.79 Å². The number of hydrogen-bond acceptors (Lipinski definition) is 4. The third-order valence-electron chi connectivity index (χ3n) is 4.34.